The van der Waals surface area contributed by atoms with Gasteiger partial charge in [-0.05, 0) is 79.4 Å². The van der Waals surface area contributed by atoms with E-state index < -0.39 is 0 Å². The zero-order valence-corrected chi connectivity index (χ0v) is 15.9. The van der Waals surface area contributed by atoms with E-state index in [1.807, 2.05) is 16.9 Å². The number of rotatable bonds is 4. The molecule has 0 aromatic heterocycles. The molecule has 0 bridgehead atoms. The van der Waals surface area contributed by atoms with Crippen LogP contribution in [0, 0.1) is 0 Å². The van der Waals surface area contributed by atoms with Gasteiger partial charge in [-0.3, -0.25) is 5.32 Å². The molecule has 1 heterocycles. The zero-order chi connectivity index (χ0) is 13.6. The van der Waals surface area contributed by atoms with E-state index in [0.29, 0.717) is 0 Å². The van der Waals surface area contributed by atoms with Crippen molar-refractivity contribution in [2.24, 2.45) is 0 Å². The first-order valence-electron chi connectivity index (χ1n) is 5.67. The van der Waals surface area contributed by atoms with E-state index in [1.54, 1.807) is 50.1 Å². The van der Waals surface area contributed by atoms with E-state index in [4.69, 9.17) is 12.2 Å². The van der Waals surface area contributed by atoms with Crippen molar-refractivity contribution < 1.29 is 0 Å². The van der Waals surface area contributed by atoms with E-state index in [2.05, 4.69) is 36.5 Å². The van der Waals surface area contributed by atoms with E-state index in [-0.39, 0.29) is 4.87 Å². The molecule has 1 fully saturated rings. The molecule has 1 unspecified atom stereocenters. The molecule has 1 N–H and O–H groups in total. The summed E-state index contributed by atoms with van der Waals surface area (Å²) in [4.78, 5) is -0.275. The third-order valence-corrected chi connectivity index (χ3v) is 14.6. The first kappa shape index (κ1) is 16.7. The van der Waals surface area contributed by atoms with Crippen LogP contribution in [0.15, 0.2) is 30.3 Å². The van der Waals surface area contributed by atoms with Crippen molar-refractivity contribution in [3.8, 4) is 0 Å². The second kappa shape index (κ2) is 8.73. The Labute approximate surface area is 142 Å². The van der Waals surface area contributed by atoms with Crippen LogP contribution in [-0.2, 0) is 4.87 Å². The topological polar surface area (TPSA) is 12.0 Å². The minimum atomic E-state index is -0.275. The predicted molar refractivity (Wildman–Crippen MR) is 105 cm³/mol. The van der Waals surface area contributed by atoms with Gasteiger partial charge in [-0.2, -0.15) is 0 Å². The van der Waals surface area contributed by atoms with Gasteiger partial charge < -0.3 is 0 Å². The number of hydrogen-bond acceptors (Lipinski definition) is 8. The van der Waals surface area contributed by atoms with Crippen LogP contribution < -0.4 is 5.32 Å². The van der Waals surface area contributed by atoms with Crippen molar-refractivity contribution in [1.29, 1.82) is 0 Å². The quantitative estimate of drug-likeness (QED) is 0.484. The lowest BCUT2D eigenvalue weighted by Crippen LogP contribution is -2.44. The molecule has 0 amide bonds. The summed E-state index contributed by atoms with van der Waals surface area (Å²) in [6, 6.07) is 10.5. The number of hydrogen-bond donors (Lipinski definition) is 1. The highest BCUT2D eigenvalue weighted by Gasteiger charge is 2.39. The van der Waals surface area contributed by atoms with E-state index >= 15 is 0 Å². The Hall–Kier alpha value is 1.37. The molecule has 0 saturated carbocycles. The molecular formula is C11H13NS7. The second-order valence-corrected chi connectivity index (χ2v) is 13.8. The Bertz CT molecular complexity index is 409. The zero-order valence-electron chi connectivity index (χ0n) is 10.2. The summed E-state index contributed by atoms with van der Waals surface area (Å²) in [7, 11) is 10.6. The Morgan fingerprint density at radius 3 is 2.58 bits per heavy atom. The fourth-order valence-corrected chi connectivity index (χ4v) is 15.1. The molecule has 0 aliphatic carbocycles. The monoisotopic (exact) mass is 383 g/mol. The van der Waals surface area contributed by atoms with Gasteiger partial charge in [0.15, 0.2) is 0 Å². The third-order valence-electron chi connectivity index (χ3n) is 2.44. The minimum Gasteiger partial charge on any atom is -0.293 e. The maximum Gasteiger partial charge on any atom is 0.144 e. The average molecular weight is 384 g/mol. The molecule has 1 nitrogen and oxygen atoms in total. The predicted octanol–water partition coefficient (Wildman–Crippen LogP) is 6.15. The highest BCUT2D eigenvalue weighted by molar-refractivity contribution is 9.43. The molecule has 104 valence electrons. The average Bonchev–Trinajstić information content (AvgIpc) is 2.44. The Kier molecular flexibility index (Phi) is 7.69. The van der Waals surface area contributed by atoms with Gasteiger partial charge in [0.2, 0.25) is 0 Å². The first-order valence-corrected chi connectivity index (χ1v) is 13.6. The Balaban J connectivity index is 2.33. The van der Waals surface area contributed by atoms with Gasteiger partial charge >= 0.3 is 0 Å². The van der Waals surface area contributed by atoms with Crippen LogP contribution >= 0.6 is 73.1 Å². The van der Waals surface area contributed by atoms with Gasteiger partial charge in [-0.25, -0.2) is 0 Å². The summed E-state index contributed by atoms with van der Waals surface area (Å²) in [5.74, 6) is 0. The lowest BCUT2D eigenvalue weighted by atomic mass is 10.1. The summed E-state index contributed by atoms with van der Waals surface area (Å²) >= 11 is 5.70. The van der Waals surface area contributed by atoms with E-state index in [0.717, 1.165) is 17.2 Å². The molecule has 1 aromatic rings. The van der Waals surface area contributed by atoms with Crippen molar-refractivity contribution in [1.82, 2.24) is 5.32 Å². The fourth-order valence-electron chi connectivity index (χ4n) is 1.57. The van der Waals surface area contributed by atoms with Crippen LogP contribution in [-0.4, -0.2) is 10.7 Å². The smallest absolute Gasteiger partial charge is 0.144 e. The Morgan fingerprint density at radius 2 is 1.84 bits per heavy atom. The van der Waals surface area contributed by atoms with Gasteiger partial charge in [0.1, 0.15) is 4.87 Å². The first-order chi connectivity index (χ1) is 9.29. The van der Waals surface area contributed by atoms with Crippen LogP contribution in [0.5, 0.6) is 0 Å². The standard InChI is InChI=1S/C11H13NS7/c1-2-8-12-11(9-6-4-3-5-7-9)10(13)14-16-18-19-17-15-11/h3-7,12H,2,8H2,1H3. The summed E-state index contributed by atoms with van der Waals surface area (Å²) < 4.78 is 1.00. The number of nitrogens with one attached hydrogen (secondary N) is 1. The van der Waals surface area contributed by atoms with Crippen molar-refractivity contribution in [3.05, 3.63) is 35.9 Å². The normalized spacial score (nSPS) is 24.8. The Morgan fingerprint density at radius 1 is 1.11 bits per heavy atom. The SMILES string of the molecule is CCCNC1(c2ccccc2)SSSSSSC1=S. The maximum atomic E-state index is 5.70. The molecule has 1 aromatic carbocycles. The van der Waals surface area contributed by atoms with Gasteiger partial charge in [-0.1, -0.05) is 49.5 Å². The summed E-state index contributed by atoms with van der Waals surface area (Å²) in [6.07, 6.45) is 1.10. The third kappa shape index (κ3) is 4.42. The highest BCUT2D eigenvalue weighted by Crippen LogP contribution is 2.62. The summed E-state index contributed by atoms with van der Waals surface area (Å²) in [6.45, 7) is 3.15. The molecule has 1 atom stereocenters. The van der Waals surface area contributed by atoms with Gasteiger partial charge in [-0.15, -0.1) is 0 Å². The number of thiocarbonyl (C=S) groups is 1. The van der Waals surface area contributed by atoms with Crippen LogP contribution in [0.1, 0.15) is 18.9 Å². The maximum absolute atomic E-state index is 5.70. The van der Waals surface area contributed by atoms with Crippen molar-refractivity contribution in [2.45, 2.75) is 18.2 Å². The van der Waals surface area contributed by atoms with Crippen molar-refractivity contribution in [2.75, 3.05) is 6.54 Å². The van der Waals surface area contributed by atoms with Gasteiger partial charge in [0.25, 0.3) is 0 Å². The highest BCUT2D eigenvalue weighted by atomic mass is 33.9. The van der Waals surface area contributed by atoms with Gasteiger partial charge in [0, 0.05) is 0 Å². The minimum absolute atomic E-state index is 0.275. The molecule has 0 radical (unpaired) electrons. The van der Waals surface area contributed by atoms with Crippen LogP contribution in [0.2, 0.25) is 0 Å². The van der Waals surface area contributed by atoms with E-state index in [1.165, 1.54) is 5.56 Å². The molecule has 2 rings (SSSR count). The molecule has 1 aliphatic heterocycles. The molecule has 0 spiro atoms. The summed E-state index contributed by atoms with van der Waals surface area (Å²) in [5.41, 5.74) is 1.24. The largest absolute Gasteiger partial charge is 0.293 e. The summed E-state index contributed by atoms with van der Waals surface area (Å²) in [5, 5.41) is 3.66. The molecule has 1 aliphatic rings. The van der Waals surface area contributed by atoms with Crippen LogP contribution in [0.4, 0.5) is 0 Å². The van der Waals surface area contributed by atoms with Crippen LogP contribution in [0.3, 0.4) is 0 Å². The fraction of sp³-hybridized carbons (Fsp3) is 0.364. The van der Waals surface area contributed by atoms with Gasteiger partial charge in [0.05, 0.1) is 4.20 Å². The van der Waals surface area contributed by atoms with Crippen molar-refractivity contribution in [3.63, 3.8) is 0 Å². The molecule has 8 heteroatoms. The van der Waals surface area contributed by atoms with Crippen molar-refractivity contribution >= 4 is 77.3 Å². The van der Waals surface area contributed by atoms with E-state index in [9.17, 15) is 0 Å². The molecular weight excluding hydrogens is 371 g/mol. The lowest BCUT2D eigenvalue weighted by molar-refractivity contribution is 0.607. The number of benzene rings is 1. The molecule has 1 saturated heterocycles. The van der Waals surface area contributed by atoms with Crippen LogP contribution in [0.25, 0.3) is 0 Å². The molecule has 19 heavy (non-hydrogen) atoms. The second-order valence-electron chi connectivity index (χ2n) is 3.70. The lowest BCUT2D eigenvalue weighted by Gasteiger charge is -2.34.